The number of methoxy groups -OCH3 is 1. The molecule has 3 aromatic heterocycles. The standard InChI is InChI=1S/C35H36N8O4/c1-47-34(46)42-35(14-15-35)23-4-6-24(7-5-23)39-29-17-30(31-13-12-27-16-21(18-36)19-38-43(27)31)37-20-28(29)33(45)41-26-10-8-25(9-11-26)40-32(44)22-2-3-22/h4-7,12-13,16-17,19-20,22,25-26H,2-3,8-11,14-15H2,1H3,(H,37,39)(H,40,44)(H,41,45)(H,42,46). The molecule has 12 heteroatoms. The van der Waals surface area contributed by atoms with Crippen LogP contribution in [0.2, 0.25) is 0 Å². The first-order valence-corrected chi connectivity index (χ1v) is 16.1. The molecule has 4 N–H and O–H groups in total. The minimum atomic E-state index is -0.461. The van der Waals surface area contributed by atoms with Gasteiger partial charge in [0, 0.05) is 29.9 Å². The normalized spacial score (nSPS) is 19.7. The molecule has 3 heterocycles. The highest BCUT2D eigenvalue weighted by Crippen LogP contribution is 2.46. The zero-order valence-corrected chi connectivity index (χ0v) is 26.1. The summed E-state index contributed by atoms with van der Waals surface area (Å²) >= 11 is 0. The Morgan fingerprint density at radius 1 is 0.936 bits per heavy atom. The van der Waals surface area contributed by atoms with Crippen LogP contribution < -0.4 is 21.3 Å². The number of ether oxygens (including phenoxy) is 1. The van der Waals surface area contributed by atoms with Gasteiger partial charge in [-0.25, -0.2) is 9.31 Å². The number of pyridine rings is 1. The van der Waals surface area contributed by atoms with Crippen molar-refractivity contribution in [3.8, 4) is 17.5 Å². The highest BCUT2D eigenvalue weighted by atomic mass is 16.5. The fourth-order valence-corrected chi connectivity index (χ4v) is 6.33. The number of carbonyl (C=O) groups excluding carboxylic acids is 3. The van der Waals surface area contributed by atoms with Crippen LogP contribution in [0.4, 0.5) is 16.2 Å². The van der Waals surface area contributed by atoms with E-state index in [2.05, 4.69) is 37.4 Å². The van der Waals surface area contributed by atoms with E-state index < -0.39 is 11.6 Å². The Labute approximate surface area is 271 Å². The van der Waals surface area contributed by atoms with Crippen molar-refractivity contribution in [2.75, 3.05) is 12.4 Å². The molecule has 0 aliphatic heterocycles. The summed E-state index contributed by atoms with van der Waals surface area (Å²) in [7, 11) is 1.35. The Morgan fingerprint density at radius 3 is 2.32 bits per heavy atom. The number of nitriles is 1. The Morgan fingerprint density at radius 2 is 1.66 bits per heavy atom. The topological polar surface area (TPSA) is 163 Å². The molecule has 12 nitrogen and oxygen atoms in total. The van der Waals surface area contributed by atoms with E-state index in [1.54, 1.807) is 16.8 Å². The third-order valence-electron chi connectivity index (χ3n) is 9.39. The fourth-order valence-electron chi connectivity index (χ4n) is 6.33. The number of hydrogen-bond donors (Lipinski definition) is 4. The second kappa shape index (κ2) is 12.4. The molecule has 7 rings (SSSR count). The number of carbonyl (C=O) groups is 3. The van der Waals surface area contributed by atoms with Crippen LogP contribution in [0.3, 0.4) is 0 Å². The van der Waals surface area contributed by atoms with E-state index in [4.69, 9.17) is 4.74 Å². The number of anilines is 2. The lowest BCUT2D eigenvalue weighted by Gasteiger charge is -2.30. The molecule has 47 heavy (non-hydrogen) atoms. The van der Waals surface area contributed by atoms with Gasteiger partial charge in [-0.1, -0.05) is 12.1 Å². The maximum absolute atomic E-state index is 13.7. The lowest BCUT2D eigenvalue weighted by Crippen LogP contribution is -2.44. The van der Waals surface area contributed by atoms with E-state index in [1.807, 2.05) is 42.5 Å². The SMILES string of the molecule is COC(=O)NC1(c2ccc(Nc3cc(-c4ccc5cc(C#N)cnn45)ncc3C(=O)NC3CCC(NC(=O)C4CC4)CC3)cc2)CC1. The van der Waals surface area contributed by atoms with Crippen LogP contribution in [0.25, 0.3) is 16.9 Å². The molecular weight excluding hydrogens is 596 g/mol. The molecule has 1 aromatic carbocycles. The van der Waals surface area contributed by atoms with E-state index in [0.717, 1.165) is 68.1 Å². The number of amides is 3. The molecule has 0 spiro atoms. The molecule has 0 radical (unpaired) electrons. The molecule has 3 amide bonds. The first-order chi connectivity index (χ1) is 22.8. The Kier molecular flexibility index (Phi) is 7.97. The van der Waals surface area contributed by atoms with Gasteiger partial charge in [-0.3, -0.25) is 14.6 Å². The summed E-state index contributed by atoms with van der Waals surface area (Å²) in [6.45, 7) is 0. The molecule has 3 saturated carbocycles. The maximum Gasteiger partial charge on any atom is 0.407 e. The van der Waals surface area contributed by atoms with Crippen LogP contribution in [0.5, 0.6) is 0 Å². The number of rotatable bonds is 9. The Balaban J connectivity index is 1.12. The largest absolute Gasteiger partial charge is 0.453 e. The van der Waals surface area contributed by atoms with Crippen molar-refractivity contribution in [2.45, 2.75) is 69.0 Å². The summed E-state index contributed by atoms with van der Waals surface area (Å²) < 4.78 is 6.52. The number of alkyl carbamates (subject to hydrolysis) is 1. The zero-order chi connectivity index (χ0) is 32.5. The second-order valence-corrected chi connectivity index (χ2v) is 12.7. The van der Waals surface area contributed by atoms with Crippen LogP contribution in [0.15, 0.2) is 60.9 Å². The fraction of sp³-hybridized carbons (Fsp3) is 0.371. The number of nitrogens with one attached hydrogen (secondary N) is 4. The van der Waals surface area contributed by atoms with Gasteiger partial charge in [-0.15, -0.1) is 0 Å². The summed E-state index contributed by atoms with van der Waals surface area (Å²) in [6.07, 6.45) is 9.46. The van der Waals surface area contributed by atoms with Crippen molar-refractivity contribution in [1.29, 1.82) is 5.26 Å². The number of nitrogens with zero attached hydrogens (tertiary/aromatic N) is 4. The second-order valence-electron chi connectivity index (χ2n) is 12.7. The number of fused-ring (bicyclic) bond motifs is 1. The van der Waals surface area contributed by atoms with Crippen molar-refractivity contribution < 1.29 is 19.1 Å². The summed E-state index contributed by atoms with van der Waals surface area (Å²) in [5.74, 6) is 0.118. The number of benzene rings is 1. The van der Waals surface area contributed by atoms with Gasteiger partial charge in [-0.05, 0) is 93.3 Å². The van der Waals surface area contributed by atoms with Gasteiger partial charge < -0.3 is 26.0 Å². The lowest BCUT2D eigenvalue weighted by molar-refractivity contribution is -0.123. The van der Waals surface area contributed by atoms with Crippen LogP contribution in [0.1, 0.15) is 72.9 Å². The average Bonchev–Trinajstić information content (AvgIpc) is 4.03. The van der Waals surface area contributed by atoms with Crippen LogP contribution in [0, 0.1) is 17.2 Å². The van der Waals surface area contributed by atoms with E-state index in [9.17, 15) is 19.6 Å². The highest BCUT2D eigenvalue weighted by molar-refractivity contribution is 6.00. The summed E-state index contributed by atoms with van der Waals surface area (Å²) in [5.41, 5.74) is 4.82. The number of aromatic nitrogens is 3. The predicted molar refractivity (Wildman–Crippen MR) is 174 cm³/mol. The zero-order valence-electron chi connectivity index (χ0n) is 26.1. The summed E-state index contributed by atoms with van der Waals surface area (Å²) in [6, 6.07) is 17.4. The monoisotopic (exact) mass is 632 g/mol. The van der Waals surface area contributed by atoms with Crippen LogP contribution in [-0.4, -0.2) is 51.7 Å². The first kappa shape index (κ1) is 30.2. The molecule has 3 aliphatic rings. The first-order valence-electron chi connectivity index (χ1n) is 16.1. The lowest BCUT2D eigenvalue weighted by atomic mass is 9.90. The van der Waals surface area contributed by atoms with Gasteiger partial charge in [0.2, 0.25) is 5.91 Å². The van der Waals surface area contributed by atoms with Crippen molar-refractivity contribution in [3.63, 3.8) is 0 Å². The van der Waals surface area contributed by atoms with E-state index in [0.29, 0.717) is 28.2 Å². The van der Waals surface area contributed by atoms with Gasteiger partial charge >= 0.3 is 6.09 Å². The highest BCUT2D eigenvalue weighted by Gasteiger charge is 2.46. The average molecular weight is 633 g/mol. The van der Waals surface area contributed by atoms with Crippen LogP contribution >= 0.6 is 0 Å². The van der Waals surface area contributed by atoms with E-state index in [-0.39, 0.29) is 29.8 Å². The van der Waals surface area contributed by atoms with Gasteiger partial charge in [0.15, 0.2) is 0 Å². The molecule has 3 aliphatic carbocycles. The smallest absolute Gasteiger partial charge is 0.407 e. The molecule has 0 unspecified atom stereocenters. The van der Waals surface area contributed by atoms with Crippen molar-refractivity contribution in [3.05, 3.63) is 77.6 Å². The molecule has 0 saturated heterocycles. The third kappa shape index (κ3) is 6.47. The molecule has 0 atom stereocenters. The van der Waals surface area contributed by atoms with Gasteiger partial charge in [0.25, 0.3) is 5.91 Å². The van der Waals surface area contributed by atoms with Gasteiger partial charge in [0.05, 0.1) is 52.6 Å². The van der Waals surface area contributed by atoms with E-state index >= 15 is 0 Å². The van der Waals surface area contributed by atoms with Crippen molar-refractivity contribution in [1.82, 2.24) is 30.5 Å². The predicted octanol–water partition coefficient (Wildman–Crippen LogP) is 4.92. The third-order valence-corrected chi connectivity index (χ3v) is 9.39. The Bertz CT molecular complexity index is 1880. The molecule has 4 aromatic rings. The molecule has 3 fully saturated rings. The quantitative estimate of drug-likeness (QED) is 0.202. The van der Waals surface area contributed by atoms with Crippen molar-refractivity contribution in [2.24, 2.45) is 5.92 Å². The summed E-state index contributed by atoms with van der Waals surface area (Å²) in [5, 5.41) is 26.4. The van der Waals surface area contributed by atoms with Crippen molar-refractivity contribution >= 4 is 34.8 Å². The van der Waals surface area contributed by atoms with Gasteiger partial charge in [0.1, 0.15) is 6.07 Å². The molecular formula is C35H36N8O4. The number of hydrogen-bond acceptors (Lipinski definition) is 8. The summed E-state index contributed by atoms with van der Waals surface area (Å²) in [4.78, 5) is 42.5. The van der Waals surface area contributed by atoms with E-state index in [1.165, 1.54) is 13.3 Å². The maximum atomic E-state index is 13.7. The minimum Gasteiger partial charge on any atom is -0.453 e. The van der Waals surface area contributed by atoms with Crippen LogP contribution in [-0.2, 0) is 15.1 Å². The molecule has 0 bridgehead atoms. The minimum absolute atomic E-state index is 0.00599. The Hall–Kier alpha value is -5.44. The molecule has 240 valence electrons. The van der Waals surface area contributed by atoms with Gasteiger partial charge in [-0.2, -0.15) is 10.4 Å².